The van der Waals surface area contributed by atoms with E-state index in [1.54, 1.807) is 12.4 Å². The summed E-state index contributed by atoms with van der Waals surface area (Å²) in [6.45, 7) is 1.96. The molecule has 16 heavy (non-hydrogen) atoms. The molecule has 6 nitrogen and oxygen atoms in total. The highest BCUT2D eigenvalue weighted by Crippen LogP contribution is 2.11. The second-order valence-corrected chi connectivity index (χ2v) is 3.13. The standard InChI is InChI=1S/C10H11N5O/c1-2-7-8(5-11-6-14-7)15-10(16)9-12-3-4-13-9/h3-6H,2H2,1H3,(H,12,13)(H,15,16). The number of aromatic nitrogens is 4. The number of aromatic amines is 1. The van der Waals surface area contributed by atoms with Crippen molar-refractivity contribution >= 4 is 11.6 Å². The fourth-order valence-corrected chi connectivity index (χ4v) is 1.31. The van der Waals surface area contributed by atoms with E-state index in [0.717, 1.165) is 12.1 Å². The van der Waals surface area contributed by atoms with Gasteiger partial charge in [0, 0.05) is 12.4 Å². The number of aryl methyl sites for hydroxylation is 1. The molecule has 1 amide bonds. The van der Waals surface area contributed by atoms with Gasteiger partial charge in [0.25, 0.3) is 5.91 Å². The van der Waals surface area contributed by atoms with E-state index in [-0.39, 0.29) is 11.7 Å². The number of H-pyrrole nitrogens is 1. The molecular weight excluding hydrogens is 206 g/mol. The van der Waals surface area contributed by atoms with Crippen LogP contribution in [0.15, 0.2) is 24.9 Å². The highest BCUT2D eigenvalue weighted by atomic mass is 16.2. The van der Waals surface area contributed by atoms with Crippen molar-refractivity contribution in [3.63, 3.8) is 0 Å². The Kier molecular flexibility index (Phi) is 2.90. The molecule has 2 aromatic heterocycles. The Bertz CT molecular complexity index is 480. The number of anilines is 1. The van der Waals surface area contributed by atoms with E-state index in [2.05, 4.69) is 25.3 Å². The molecule has 0 aliphatic carbocycles. The summed E-state index contributed by atoms with van der Waals surface area (Å²) < 4.78 is 0. The minimum atomic E-state index is -0.297. The van der Waals surface area contributed by atoms with E-state index in [9.17, 15) is 4.79 Å². The van der Waals surface area contributed by atoms with Crippen LogP contribution in [-0.4, -0.2) is 25.8 Å². The molecule has 2 heterocycles. The first-order valence-corrected chi connectivity index (χ1v) is 4.91. The molecule has 0 aromatic carbocycles. The van der Waals surface area contributed by atoms with Gasteiger partial charge in [-0.25, -0.2) is 15.0 Å². The van der Waals surface area contributed by atoms with Crippen LogP contribution in [0.2, 0.25) is 0 Å². The Morgan fingerprint density at radius 3 is 3.06 bits per heavy atom. The zero-order chi connectivity index (χ0) is 11.4. The number of hydrogen-bond acceptors (Lipinski definition) is 4. The topological polar surface area (TPSA) is 83.6 Å². The van der Waals surface area contributed by atoms with Gasteiger partial charge in [-0.15, -0.1) is 0 Å². The van der Waals surface area contributed by atoms with Gasteiger partial charge in [-0.1, -0.05) is 6.92 Å². The zero-order valence-corrected chi connectivity index (χ0v) is 8.77. The second kappa shape index (κ2) is 4.52. The highest BCUT2D eigenvalue weighted by molar-refractivity contribution is 6.01. The third-order valence-electron chi connectivity index (χ3n) is 2.09. The van der Waals surface area contributed by atoms with E-state index < -0.39 is 0 Å². The molecule has 2 rings (SSSR count). The van der Waals surface area contributed by atoms with Crippen molar-refractivity contribution in [2.75, 3.05) is 5.32 Å². The molecule has 0 aliphatic heterocycles. The van der Waals surface area contributed by atoms with E-state index in [0.29, 0.717) is 5.69 Å². The maximum absolute atomic E-state index is 11.7. The lowest BCUT2D eigenvalue weighted by molar-refractivity contribution is 0.101. The van der Waals surface area contributed by atoms with Crippen molar-refractivity contribution in [3.05, 3.63) is 36.4 Å². The molecule has 0 bridgehead atoms. The average molecular weight is 217 g/mol. The Morgan fingerprint density at radius 1 is 1.50 bits per heavy atom. The van der Waals surface area contributed by atoms with E-state index in [4.69, 9.17) is 0 Å². The summed E-state index contributed by atoms with van der Waals surface area (Å²) in [4.78, 5) is 26.2. The van der Waals surface area contributed by atoms with Crippen LogP contribution in [-0.2, 0) is 6.42 Å². The average Bonchev–Trinajstić information content (AvgIpc) is 2.83. The minimum Gasteiger partial charge on any atom is -0.341 e. The second-order valence-electron chi connectivity index (χ2n) is 3.13. The van der Waals surface area contributed by atoms with Gasteiger partial charge in [-0.2, -0.15) is 0 Å². The maximum Gasteiger partial charge on any atom is 0.291 e. The molecule has 0 saturated carbocycles. The molecule has 2 aromatic rings. The number of carbonyl (C=O) groups is 1. The van der Waals surface area contributed by atoms with E-state index >= 15 is 0 Å². The van der Waals surface area contributed by atoms with Gasteiger partial charge in [0.15, 0.2) is 5.82 Å². The van der Waals surface area contributed by atoms with Crippen LogP contribution < -0.4 is 5.32 Å². The van der Waals surface area contributed by atoms with Gasteiger partial charge in [-0.05, 0) is 6.42 Å². The molecule has 0 atom stereocenters. The maximum atomic E-state index is 11.7. The summed E-state index contributed by atoms with van der Waals surface area (Å²) in [5, 5.41) is 2.71. The van der Waals surface area contributed by atoms with Crippen molar-refractivity contribution in [1.82, 2.24) is 19.9 Å². The number of rotatable bonds is 3. The molecular formula is C10H11N5O. The molecule has 0 spiro atoms. The number of amides is 1. The van der Waals surface area contributed by atoms with Crippen LogP contribution in [0.25, 0.3) is 0 Å². The van der Waals surface area contributed by atoms with Crippen LogP contribution in [0.4, 0.5) is 5.69 Å². The smallest absolute Gasteiger partial charge is 0.291 e. The molecule has 0 fully saturated rings. The van der Waals surface area contributed by atoms with Crippen molar-refractivity contribution < 1.29 is 4.79 Å². The number of carbonyl (C=O) groups excluding carboxylic acids is 1. The Hall–Kier alpha value is -2.24. The minimum absolute atomic E-state index is 0.269. The number of hydrogen-bond donors (Lipinski definition) is 2. The van der Waals surface area contributed by atoms with Crippen molar-refractivity contribution in [2.24, 2.45) is 0 Å². The molecule has 82 valence electrons. The molecule has 2 N–H and O–H groups in total. The van der Waals surface area contributed by atoms with Gasteiger partial charge in [-0.3, -0.25) is 4.79 Å². The summed E-state index contributed by atoms with van der Waals surface area (Å²) in [6, 6.07) is 0. The fourth-order valence-electron chi connectivity index (χ4n) is 1.31. The van der Waals surface area contributed by atoms with Crippen LogP contribution in [0.5, 0.6) is 0 Å². The first-order chi connectivity index (χ1) is 7.81. The fraction of sp³-hybridized carbons (Fsp3) is 0.200. The number of nitrogens with zero attached hydrogens (tertiary/aromatic N) is 3. The SMILES string of the molecule is CCc1ncncc1NC(=O)c1ncc[nH]1. The van der Waals surface area contributed by atoms with Crippen LogP contribution >= 0.6 is 0 Å². The molecule has 0 saturated heterocycles. The van der Waals surface area contributed by atoms with Crippen molar-refractivity contribution in [1.29, 1.82) is 0 Å². The molecule has 6 heteroatoms. The van der Waals surface area contributed by atoms with Gasteiger partial charge in [0.2, 0.25) is 0 Å². The van der Waals surface area contributed by atoms with Crippen LogP contribution in [0, 0.1) is 0 Å². The first-order valence-electron chi connectivity index (χ1n) is 4.91. The number of nitrogens with one attached hydrogen (secondary N) is 2. The van der Waals surface area contributed by atoms with Gasteiger partial charge in [0.05, 0.1) is 17.6 Å². The largest absolute Gasteiger partial charge is 0.341 e. The van der Waals surface area contributed by atoms with Crippen LogP contribution in [0.1, 0.15) is 23.2 Å². The summed E-state index contributed by atoms with van der Waals surface area (Å²) in [7, 11) is 0. The first kappa shape index (κ1) is 10.3. The Labute approximate surface area is 92.2 Å². The number of imidazole rings is 1. The summed E-state index contributed by atoms with van der Waals surface area (Å²) >= 11 is 0. The lowest BCUT2D eigenvalue weighted by atomic mass is 10.3. The Balaban J connectivity index is 2.18. The third kappa shape index (κ3) is 2.05. The summed E-state index contributed by atoms with van der Waals surface area (Å²) in [5.74, 6) is -0.0274. The quantitative estimate of drug-likeness (QED) is 0.803. The predicted molar refractivity (Wildman–Crippen MR) is 58.0 cm³/mol. The Morgan fingerprint density at radius 2 is 2.38 bits per heavy atom. The van der Waals surface area contributed by atoms with E-state index in [1.807, 2.05) is 6.92 Å². The van der Waals surface area contributed by atoms with Crippen molar-refractivity contribution in [2.45, 2.75) is 13.3 Å². The molecule has 0 aliphatic rings. The van der Waals surface area contributed by atoms with E-state index in [1.165, 1.54) is 12.5 Å². The normalized spacial score (nSPS) is 10.1. The molecule has 0 unspecified atom stereocenters. The van der Waals surface area contributed by atoms with Crippen LogP contribution in [0.3, 0.4) is 0 Å². The van der Waals surface area contributed by atoms with Crippen molar-refractivity contribution in [3.8, 4) is 0 Å². The van der Waals surface area contributed by atoms with Gasteiger partial charge in [0.1, 0.15) is 6.33 Å². The van der Waals surface area contributed by atoms with Gasteiger partial charge >= 0.3 is 0 Å². The summed E-state index contributed by atoms with van der Waals surface area (Å²) in [6.07, 6.45) is 6.89. The monoisotopic (exact) mass is 217 g/mol. The predicted octanol–water partition coefficient (Wildman–Crippen LogP) is 1.01. The lowest BCUT2D eigenvalue weighted by Crippen LogP contribution is -2.15. The highest BCUT2D eigenvalue weighted by Gasteiger charge is 2.10. The lowest BCUT2D eigenvalue weighted by Gasteiger charge is -2.06. The molecule has 0 radical (unpaired) electrons. The summed E-state index contributed by atoms with van der Waals surface area (Å²) in [5.41, 5.74) is 1.42. The third-order valence-corrected chi connectivity index (χ3v) is 2.09. The zero-order valence-electron chi connectivity index (χ0n) is 8.77. The van der Waals surface area contributed by atoms with Gasteiger partial charge < -0.3 is 10.3 Å².